The summed E-state index contributed by atoms with van der Waals surface area (Å²) in [6.45, 7) is 2.43. The van der Waals surface area contributed by atoms with Gasteiger partial charge >= 0.3 is 5.97 Å². The molecule has 2 aromatic carbocycles. The van der Waals surface area contributed by atoms with Gasteiger partial charge in [0, 0.05) is 6.42 Å². The zero-order valence-electron chi connectivity index (χ0n) is 15.4. The van der Waals surface area contributed by atoms with E-state index in [4.69, 9.17) is 4.74 Å². The topological polar surface area (TPSA) is 88.1 Å². The van der Waals surface area contributed by atoms with Crippen LogP contribution in [0.25, 0.3) is 6.08 Å². The predicted molar refractivity (Wildman–Crippen MR) is 130 cm³/mol. The van der Waals surface area contributed by atoms with Crippen molar-refractivity contribution in [3.8, 4) is 5.75 Å². The van der Waals surface area contributed by atoms with Crippen molar-refractivity contribution in [1.29, 1.82) is 0 Å². The van der Waals surface area contributed by atoms with Crippen molar-refractivity contribution in [3.63, 3.8) is 0 Å². The number of aryl methyl sites for hydroxylation is 1. The molecule has 2 N–H and O–H groups in total. The highest BCUT2D eigenvalue weighted by molar-refractivity contribution is 14.1. The minimum atomic E-state index is -1.02. The van der Waals surface area contributed by atoms with Crippen molar-refractivity contribution in [2.24, 2.45) is 0 Å². The summed E-state index contributed by atoms with van der Waals surface area (Å²) in [5.74, 6) is 0.492. The summed E-state index contributed by atoms with van der Waals surface area (Å²) in [4.78, 5) is 16.1. The second-order valence-corrected chi connectivity index (χ2v) is 9.26. The molecule has 0 bridgehead atoms. The Hall–Kier alpha value is -1.60. The molecule has 150 valence electrons. The monoisotopic (exact) mass is 633 g/mol. The van der Waals surface area contributed by atoms with Crippen LogP contribution < -0.4 is 4.74 Å². The number of aliphatic carboxylic acids is 1. The fourth-order valence-corrected chi connectivity index (χ4v) is 5.25. The molecule has 29 heavy (non-hydrogen) atoms. The molecule has 0 spiro atoms. The Morgan fingerprint density at radius 1 is 1.24 bits per heavy atom. The van der Waals surface area contributed by atoms with Crippen LogP contribution in [0.5, 0.6) is 5.75 Å². The average molecular weight is 633 g/mol. The van der Waals surface area contributed by atoms with Gasteiger partial charge in [-0.3, -0.25) is 5.10 Å². The number of carboxylic acid groups (broad SMARTS) is 1. The van der Waals surface area contributed by atoms with Gasteiger partial charge in [0.2, 0.25) is 5.16 Å². The summed E-state index contributed by atoms with van der Waals surface area (Å²) in [6.07, 6.45) is 2.33. The molecule has 0 radical (unpaired) electrons. The lowest BCUT2D eigenvalue weighted by Crippen LogP contribution is -2.00. The maximum Gasteiger partial charge on any atom is 0.342 e. The molecular weight excluding hydrogens is 616 g/mol. The van der Waals surface area contributed by atoms with Crippen molar-refractivity contribution in [1.82, 2.24) is 15.2 Å². The van der Waals surface area contributed by atoms with Gasteiger partial charge in [-0.25, -0.2) is 9.78 Å². The number of H-pyrrole nitrogens is 1. The van der Waals surface area contributed by atoms with Crippen molar-refractivity contribution in [2.45, 2.75) is 25.1 Å². The second kappa shape index (κ2) is 10.4. The number of nitrogens with zero attached hydrogens (tertiary/aromatic N) is 2. The SMILES string of the molecule is CCc1nc(S/C(=C\c2cc(I)c(OCc3ccccc3)c(I)c2)C(=O)O)n[nH]1. The fourth-order valence-electron chi connectivity index (χ4n) is 2.40. The summed E-state index contributed by atoms with van der Waals surface area (Å²) in [7, 11) is 0. The van der Waals surface area contributed by atoms with E-state index >= 15 is 0 Å². The van der Waals surface area contributed by atoms with Crippen LogP contribution in [-0.2, 0) is 17.8 Å². The molecule has 9 heteroatoms. The van der Waals surface area contributed by atoms with Crippen molar-refractivity contribution >= 4 is 69.0 Å². The third-order valence-electron chi connectivity index (χ3n) is 3.80. The Labute approximate surface area is 199 Å². The van der Waals surface area contributed by atoms with Crippen LogP contribution in [0.15, 0.2) is 52.5 Å². The molecule has 0 fully saturated rings. The van der Waals surface area contributed by atoms with Gasteiger partial charge in [0.15, 0.2) is 0 Å². The first-order valence-corrected chi connectivity index (χ1v) is 11.6. The van der Waals surface area contributed by atoms with Gasteiger partial charge < -0.3 is 9.84 Å². The van der Waals surface area contributed by atoms with Gasteiger partial charge in [-0.1, -0.05) is 37.3 Å². The van der Waals surface area contributed by atoms with Crippen LogP contribution in [0.2, 0.25) is 0 Å². The highest BCUT2D eigenvalue weighted by Gasteiger charge is 2.15. The maximum absolute atomic E-state index is 11.7. The predicted octanol–water partition coefficient (Wildman–Crippen LogP) is 5.37. The zero-order valence-corrected chi connectivity index (χ0v) is 20.5. The number of halogens is 2. The lowest BCUT2D eigenvalue weighted by Gasteiger charge is -2.12. The standard InChI is InChI=1S/C20H17I2N3O3S/c1-2-17-23-20(25-24-17)29-16(19(26)27)10-13-8-14(21)18(15(22)9-13)28-11-12-6-4-3-5-7-12/h3-10H,2,11H2,1H3,(H,26,27)(H,23,24,25)/b16-10-. The largest absolute Gasteiger partial charge is 0.487 e. The third kappa shape index (κ3) is 6.19. The molecule has 3 aromatic rings. The molecule has 6 nitrogen and oxygen atoms in total. The quantitative estimate of drug-likeness (QED) is 0.197. The highest BCUT2D eigenvalue weighted by Crippen LogP contribution is 2.32. The Kier molecular flexibility index (Phi) is 7.95. The number of carboxylic acids is 1. The van der Waals surface area contributed by atoms with Gasteiger partial charge in [0.1, 0.15) is 23.1 Å². The van der Waals surface area contributed by atoms with E-state index in [9.17, 15) is 9.90 Å². The summed E-state index contributed by atoms with van der Waals surface area (Å²) in [5.41, 5.74) is 1.87. The van der Waals surface area contributed by atoms with E-state index in [0.29, 0.717) is 18.2 Å². The number of carbonyl (C=O) groups is 1. The molecule has 0 saturated heterocycles. The summed E-state index contributed by atoms with van der Waals surface area (Å²) in [5, 5.41) is 16.8. The molecule has 3 rings (SSSR count). The molecule has 0 aliphatic carbocycles. The number of aromatic nitrogens is 3. The van der Waals surface area contributed by atoms with E-state index < -0.39 is 5.97 Å². The summed E-state index contributed by atoms with van der Waals surface area (Å²) in [6, 6.07) is 13.8. The molecule has 0 aliphatic heterocycles. The van der Waals surface area contributed by atoms with E-state index in [0.717, 1.165) is 41.6 Å². The highest BCUT2D eigenvalue weighted by atomic mass is 127. The minimum absolute atomic E-state index is 0.149. The number of rotatable bonds is 8. The van der Waals surface area contributed by atoms with E-state index in [1.54, 1.807) is 6.08 Å². The van der Waals surface area contributed by atoms with Crippen molar-refractivity contribution < 1.29 is 14.6 Å². The van der Waals surface area contributed by atoms with Crippen molar-refractivity contribution in [3.05, 3.63) is 71.5 Å². The van der Waals surface area contributed by atoms with Gasteiger partial charge in [-0.15, -0.1) is 5.10 Å². The Balaban J connectivity index is 1.80. The van der Waals surface area contributed by atoms with E-state index in [-0.39, 0.29) is 4.91 Å². The number of ether oxygens (including phenoxy) is 1. The number of thioether (sulfide) groups is 1. The first-order valence-electron chi connectivity index (χ1n) is 8.66. The molecule has 1 aromatic heterocycles. The zero-order chi connectivity index (χ0) is 20.8. The van der Waals surface area contributed by atoms with Gasteiger partial charge in [0.25, 0.3) is 0 Å². The van der Waals surface area contributed by atoms with Crippen LogP contribution in [0.4, 0.5) is 0 Å². The molecule has 0 atom stereocenters. The number of aromatic amines is 1. The van der Waals surface area contributed by atoms with Gasteiger partial charge in [-0.05, 0) is 86.3 Å². The molecule has 0 saturated carbocycles. The Morgan fingerprint density at radius 3 is 2.52 bits per heavy atom. The van der Waals surface area contributed by atoms with Crippen LogP contribution in [-0.4, -0.2) is 26.3 Å². The molecule has 0 aliphatic rings. The minimum Gasteiger partial charge on any atom is -0.487 e. The second-order valence-electron chi connectivity index (χ2n) is 5.92. The molecule has 0 unspecified atom stereocenters. The van der Waals surface area contributed by atoms with Crippen LogP contribution in [0, 0.1) is 7.14 Å². The van der Waals surface area contributed by atoms with Crippen LogP contribution in [0.3, 0.4) is 0 Å². The normalized spacial score (nSPS) is 11.5. The smallest absolute Gasteiger partial charge is 0.342 e. The summed E-state index contributed by atoms with van der Waals surface area (Å²) >= 11 is 5.44. The third-order valence-corrected chi connectivity index (χ3v) is 6.28. The maximum atomic E-state index is 11.7. The van der Waals surface area contributed by atoms with E-state index in [1.165, 1.54) is 0 Å². The first-order chi connectivity index (χ1) is 14.0. The lowest BCUT2D eigenvalue weighted by molar-refractivity contribution is -0.131. The van der Waals surface area contributed by atoms with Gasteiger partial charge in [-0.2, -0.15) is 0 Å². The Morgan fingerprint density at radius 2 is 1.93 bits per heavy atom. The van der Waals surface area contributed by atoms with Crippen molar-refractivity contribution in [2.75, 3.05) is 0 Å². The first kappa shape index (κ1) is 22.1. The van der Waals surface area contributed by atoms with Crippen LogP contribution >= 0.6 is 56.9 Å². The number of benzene rings is 2. The van der Waals surface area contributed by atoms with E-state index in [2.05, 4.69) is 60.4 Å². The van der Waals surface area contributed by atoms with Gasteiger partial charge in [0.05, 0.1) is 7.14 Å². The average Bonchev–Trinajstić information content (AvgIpc) is 3.15. The fraction of sp³-hybridized carbons (Fsp3) is 0.150. The molecule has 0 amide bonds. The Bertz CT molecular complexity index is 1020. The number of nitrogens with one attached hydrogen (secondary N) is 1. The number of hydrogen-bond donors (Lipinski definition) is 2. The molecular formula is C20H17I2N3O3S. The van der Waals surface area contributed by atoms with Crippen LogP contribution in [0.1, 0.15) is 23.9 Å². The summed E-state index contributed by atoms with van der Waals surface area (Å²) < 4.78 is 7.82. The molecule has 1 heterocycles. The lowest BCUT2D eigenvalue weighted by atomic mass is 10.2. The number of hydrogen-bond acceptors (Lipinski definition) is 5. The van der Waals surface area contributed by atoms with E-state index in [1.807, 2.05) is 49.4 Å².